The van der Waals surface area contributed by atoms with Crippen LogP contribution in [-0.2, 0) is 19.1 Å². The van der Waals surface area contributed by atoms with Crippen LogP contribution in [-0.4, -0.2) is 34.1 Å². The monoisotopic (exact) mass is 344 g/mol. The van der Waals surface area contributed by atoms with Gasteiger partial charge < -0.3 is 19.7 Å². The lowest BCUT2D eigenvalue weighted by Gasteiger charge is -2.04. The number of rotatable bonds is 4. The molecule has 0 aliphatic carbocycles. The molecule has 0 atom stereocenters. The maximum atomic E-state index is 11.7. The van der Waals surface area contributed by atoms with Crippen molar-refractivity contribution in [3.8, 4) is 11.5 Å². The minimum Gasteiger partial charge on any atom is -0.508 e. The molecule has 0 spiro atoms. The topological polar surface area (TPSA) is 127 Å². The number of benzene rings is 2. The quantitative estimate of drug-likeness (QED) is 0.632. The lowest BCUT2D eigenvalue weighted by atomic mass is 10.2. The third-order valence-electron chi connectivity index (χ3n) is 2.91. The predicted molar refractivity (Wildman–Crippen MR) is 81.7 cm³/mol. The zero-order chi connectivity index (χ0) is 18.4. The molecule has 0 aromatic heterocycles. The van der Waals surface area contributed by atoms with Crippen LogP contribution in [0.1, 0.15) is 27.1 Å². The SMILES string of the molecule is O=C(CC(=O)OC(=O)c1ccc(O)cc1)OC(=O)c1ccc(O)cc1. The van der Waals surface area contributed by atoms with Gasteiger partial charge in [0.15, 0.2) is 0 Å². The molecule has 0 bridgehead atoms. The van der Waals surface area contributed by atoms with Crippen molar-refractivity contribution in [1.82, 2.24) is 0 Å². The molecule has 2 aromatic rings. The second-order valence-corrected chi connectivity index (χ2v) is 4.79. The molecule has 0 unspecified atom stereocenters. The third kappa shape index (κ3) is 5.17. The normalized spacial score (nSPS) is 9.92. The molecular formula is C17H12O8. The van der Waals surface area contributed by atoms with Gasteiger partial charge in [-0.2, -0.15) is 0 Å². The molecular weight excluding hydrogens is 332 g/mol. The Morgan fingerprint density at radius 2 is 0.960 bits per heavy atom. The van der Waals surface area contributed by atoms with E-state index >= 15 is 0 Å². The molecule has 2 N–H and O–H groups in total. The zero-order valence-corrected chi connectivity index (χ0v) is 12.7. The molecule has 0 saturated carbocycles. The summed E-state index contributed by atoms with van der Waals surface area (Å²) >= 11 is 0. The molecule has 128 valence electrons. The van der Waals surface area contributed by atoms with Crippen LogP contribution in [0.5, 0.6) is 11.5 Å². The van der Waals surface area contributed by atoms with Gasteiger partial charge in [-0.15, -0.1) is 0 Å². The van der Waals surface area contributed by atoms with Crippen LogP contribution in [0.4, 0.5) is 0 Å². The molecule has 8 nitrogen and oxygen atoms in total. The van der Waals surface area contributed by atoms with Gasteiger partial charge in [0.25, 0.3) is 0 Å². The van der Waals surface area contributed by atoms with Gasteiger partial charge in [-0.1, -0.05) is 0 Å². The first-order valence-corrected chi connectivity index (χ1v) is 6.93. The highest BCUT2D eigenvalue weighted by molar-refractivity contribution is 6.04. The number of hydrogen-bond acceptors (Lipinski definition) is 8. The summed E-state index contributed by atoms with van der Waals surface area (Å²) in [6, 6.07) is 9.85. The summed E-state index contributed by atoms with van der Waals surface area (Å²) in [6.45, 7) is 0. The van der Waals surface area contributed by atoms with Crippen LogP contribution in [0.3, 0.4) is 0 Å². The van der Waals surface area contributed by atoms with E-state index in [4.69, 9.17) is 10.2 Å². The fourth-order valence-electron chi connectivity index (χ4n) is 1.71. The van der Waals surface area contributed by atoms with Crippen molar-refractivity contribution in [2.75, 3.05) is 0 Å². The van der Waals surface area contributed by atoms with E-state index < -0.39 is 30.3 Å². The first-order valence-electron chi connectivity index (χ1n) is 6.93. The van der Waals surface area contributed by atoms with Crippen molar-refractivity contribution in [3.05, 3.63) is 59.7 Å². The van der Waals surface area contributed by atoms with E-state index in [0.29, 0.717) is 0 Å². The Bertz CT molecular complexity index is 736. The van der Waals surface area contributed by atoms with Crippen LogP contribution in [0.25, 0.3) is 0 Å². The van der Waals surface area contributed by atoms with E-state index in [1.54, 1.807) is 0 Å². The molecule has 8 heteroatoms. The molecule has 0 amide bonds. The highest BCUT2D eigenvalue weighted by Crippen LogP contribution is 2.12. The zero-order valence-electron chi connectivity index (χ0n) is 12.7. The lowest BCUT2D eigenvalue weighted by Crippen LogP contribution is -2.20. The average molecular weight is 344 g/mol. The average Bonchev–Trinajstić information content (AvgIpc) is 2.55. The molecule has 0 radical (unpaired) electrons. The summed E-state index contributed by atoms with van der Waals surface area (Å²) in [5.74, 6) is -4.55. The van der Waals surface area contributed by atoms with E-state index in [1.165, 1.54) is 48.5 Å². The molecule has 2 rings (SSSR count). The maximum absolute atomic E-state index is 11.7. The van der Waals surface area contributed by atoms with Gasteiger partial charge in [-0.25, -0.2) is 9.59 Å². The van der Waals surface area contributed by atoms with Gasteiger partial charge >= 0.3 is 23.9 Å². The summed E-state index contributed by atoms with van der Waals surface area (Å²) < 4.78 is 8.89. The Morgan fingerprint density at radius 3 is 1.28 bits per heavy atom. The van der Waals surface area contributed by atoms with E-state index in [1.807, 2.05) is 0 Å². The van der Waals surface area contributed by atoms with Gasteiger partial charge in [0.1, 0.15) is 17.9 Å². The summed E-state index contributed by atoms with van der Waals surface area (Å²) in [4.78, 5) is 46.4. The van der Waals surface area contributed by atoms with Crippen LogP contribution in [0.2, 0.25) is 0 Å². The number of phenols is 2. The van der Waals surface area contributed by atoms with Crippen LogP contribution in [0.15, 0.2) is 48.5 Å². The minimum atomic E-state index is -1.19. The van der Waals surface area contributed by atoms with Crippen LogP contribution < -0.4 is 0 Å². The van der Waals surface area contributed by atoms with Gasteiger partial charge in [0, 0.05) is 0 Å². The number of aromatic hydroxyl groups is 2. The maximum Gasteiger partial charge on any atom is 0.345 e. The standard InChI is InChI=1S/C17H12O8/c18-12-5-1-10(2-6-12)16(22)24-14(20)9-15(21)25-17(23)11-3-7-13(19)8-4-11/h1-8,18-19H,9H2. The van der Waals surface area contributed by atoms with E-state index in [-0.39, 0.29) is 22.6 Å². The summed E-state index contributed by atoms with van der Waals surface area (Å²) in [5.41, 5.74) is -0.000580. The molecule has 0 saturated heterocycles. The van der Waals surface area contributed by atoms with Crippen molar-refractivity contribution >= 4 is 23.9 Å². The van der Waals surface area contributed by atoms with Crippen LogP contribution in [0, 0.1) is 0 Å². The summed E-state index contributed by atoms with van der Waals surface area (Å²) in [7, 11) is 0. The Hall–Kier alpha value is -3.68. The Labute approximate surface area is 141 Å². The predicted octanol–water partition coefficient (Wildman–Crippen LogP) is 1.55. The van der Waals surface area contributed by atoms with E-state index in [9.17, 15) is 19.2 Å². The van der Waals surface area contributed by atoms with Crippen molar-refractivity contribution in [2.24, 2.45) is 0 Å². The summed E-state index contributed by atoms with van der Waals surface area (Å²) in [6.07, 6.45) is -0.937. The van der Waals surface area contributed by atoms with Gasteiger partial charge in [-0.3, -0.25) is 9.59 Å². The molecule has 0 heterocycles. The Kier molecular flexibility index (Phi) is 5.47. The van der Waals surface area contributed by atoms with Crippen molar-refractivity contribution in [2.45, 2.75) is 6.42 Å². The molecule has 0 fully saturated rings. The largest absolute Gasteiger partial charge is 0.508 e. The first-order chi connectivity index (χ1) is 11.8. The smallest absolute Gasteiger partial charge is 0.345 e. The second kappa shape index (κ2) is 7.73. The van der Waals surface area contributed by atoms with Crippen LogP contribution >= 0.6 is 0 Å². The first kappa shape index (κ1) is 17.7. The van der Waals surface area contributed by atoms with Gasteiger partial charge in [0.2, 0.25) is 0 Å². The number of carbonyl (C=O) groups excluding carboxylic acids is 4. The Balaban J connectivity index is 1.86. The third-order valence-corrected chi connectivity index (χ3v) is 2.91. The molecule has 0 aliphatic heterocycles. The lowest BCUT2D eigenvalue weighted by molar-refractivity contribution is -0.147. The van der Waals surface area contributed by atoms with Crippen molar-refractivity contribution in [1.29, 1.82) is 0 Å². The number of phenolic OH excluding ortho intramolecular Hbond substituents is 2. The van der Waals surface area contributed by atoms with Gasteiger partial charge in [0.05, 0.1) is 11.1 Å². The minimum absolute atomic E-state index is 0.000290. The van der Waals surface area contributed by atoms with Crippen molar-refractivity contribution < 1.29 is 38.9 Å². The fraction of sp³-hybridized carbons (Fsp3) is 0.0588. The highest BCUT2D eigenvalue weighted by Gasteiger charge is 2.20. The van der Waals surface area contributed by atoms with E-state index in [2.05, 4.69) is 9.47 Å². The molecule has 2 aromatic carbocycles. The number of carbonyl (C=O) groups is 4. The second-order valence-electron chi connectivity index (χ2n) is 4.79. The number of ether oxygens (including phenoxy) is 2. The Morgan fingerprint density at radius 1 is 0.640 bits per heavy atom. The summed E-state index contributed by atoms with van der Waals surface area (Å²) in [5, 5.41) is 18.2. The number of hydrogen-bond donors (Lipinski definition) is 2. The molecule has 0 aliphatic rings. The fourth-order valence-corrected chi connectivity index (χ4v) is 1.71. The highest BCUT2D eigenvalue weighted by atomic mass is 16.6. The van der Waals surface area contributed by atoms with Gasteiger partial charge in [-0.05, 0) is 48.5 Å². The molecule has 25 heavy (non-hydrogen) atoms. The van der Waals surface area contributed by atoms with Crippen molar-refractivity contribution in [3.63, 3.8) is 0 Å². The number of esters is 4. The van der Waals surface area contributed by atoms with E-state index in [0.717, 1.165) is 0 Å².